The van der Waals surface area contributed by atoms with Gasteiger partial charge in [-0.3, -0.25) is 0 Å². The summed E-state index contributed by atoms with van der Waals surface area (Å²) in [7, 11) is 0. The Hall–Kier alpha value is -1.13. The summed E-state index contributed by atoms with van der Waals surface area (Å²) >= 11 is 1.70. The topological polar surface area (TPSA) is 38.0 Å². The van der Waals surface area contributed by atoms with Gasteiger partial charge in [0, 0.05) is 17.3 Å². The Morgan fingerprint density at radius 1 is 1.56 bits per heavy atom. The molecule has 2 aromatic rings. The van der Waals surface area contributed by atoms with Crippen molar-refractivity contribution in [1.82, 2.24) is 9.55 Å². The van der Waals surface area contributed by atoms with Gasteiger partial charge in [0.05, 0.1) is 23.4 Å². The fraction of sp³-hybridized carbons (Fsp3) is 0.417. The van der Waals surface area contributed by atoms with Crippen LogP contribution < -0.4 is 0 Å². The first-order chi connectivity index (χ1) is 7.70. The van der Waals surface area contributed by atoms with Gasteiger partial charge in [-0.1, -0.05) is 6.92 Å². The monoisotopic (exact) mass is 236 g/mol. The summed E-state index contributed by atoms with van der Waals surface area (Å²) in [5.74, 6) is 0. The van der Waals surface area contributed by atoms with Crippen LogP contribution in [0.5, 0.6) is 0 Å². The summed E-state index contributed by atoms with van der Waals surface area (Å²) in [5.41, 5.74) is 2.01. The lowest BCUT2D eigenvalue weighted by Crippen LogP contribution is -2.06. The normalized spacial score (nSPS) is 12.9. The molecule has 1 N–H and O–H groups in total. The molecule has 2 rings (SSSR count). The number of nitrogens with zero attached hydrogens (tertiary/aromatic N) is 2. The van der Waals surface area contributed by atoms with Gasteiger partial charge in [0.25, 0.3) is 0 Å². The van der Waals surface area contributed by atoms with Crippen LogP contribution >= 0.6 is 11.3 Å². The number of aliphatic hydroxyl groups is 1. The highest BCUT2D eigenvalue weighted by molar-refractivity contribution is 7.09. The van der Waals surface area contributed by atoms with Crippen molar-refractivity contribution in [1.29, 1.82) is 0 Å². The molecule has 1 unspecified atom stereocenters. The number of aliphatic hydroxyl groups excluding tert-OH is 1. The maximum absolute atomic E-state index is 9.58. The van der Waals surface area contributed by atoms with Crippen molar-refractivity contribution in [3.8, 4) is 0 Å². The first-order valence-corrected chi connectivity index (χ1v) is 6.35. The fourth-order valence-electron chi connectivity index (χ4n) is 1.71. The van der Waals surface area contributed by atoms with Gasteiger partial charge in [-0.15, -0.1) is 11.3 Å². The van der Waals surface area contributed by atoms with E-state index in [2.05, 4.69) is 17.3 Å². The molecule has 0 radical (unpaired) electrons. The molecule has 0 aliphatic carbocycles. The minimum atomic E-state index is -0.431. The lowest BCUT2D eigenvalue weighted by molar-refractivity contribution is 0.189. The van der Waals surface area contributed by atoms with Crippen molar-refractivity contribution in [3.63, 3.8) is 0 Å². The van der Waals surface area contributed by atoms with Crippen molar-refractivity contribution in [2.24, 2.45) is 0 Å². The van der Waals surface area contributed by atoms with E-state index in [1.807, 2.05) is 22.9 Å². The molecule has 2 heterocycles. The zero-order valence-electron chi connectivity index (χ0n) is 9.55. The fourth-order valence-corrected chi connectivity index (χ4v) is 2.44. The molecule has 0 fully saturated rings. The summed E-state index contributed by atoms with van der Waals surface area (Å²) in [6, 6.07) is 3.90. The third-order valence-corrected chi connectivity index (χ3v) is 3.57. The van der Waals surface area contributed by atoms with Crippen molar-refractivity contribution in [3.05, 3.63) is 40.1 Å². The van der Waals surface area contributed by atoms with Gasteiger partial charge in [-0.25, -0.2) is 4.98 Å². The predicted molar refractivity (Wildman–Crippen MR) is 65.7 cm³/mol. The van der Waals surface area contributed by atoms with Crippen molar-refractivity contribution < 1.29 is 5.11 Å². The van der Waals surface area contributed by atoms with Crippen molar-refractivity contribution in [2.75, 3.05) is 0 Å². The second-order valence-corrected chi connectivity index (χ2v) is 4.77. The molecule has 0 aromatic carbocycles. The van der Waals surface area contributed by atoms with Crippen LogP contribution in [0.25, 0.3) is 0 Å². The first kappa shape index (κ1) is 11.4. The van der Waals surface area contributed by atoms with Crippen LogP contribution in [0.4, 0.5) is 0 Å². The van der Waals surface area contributed by atoms with Crippen LogP contribution in [0.15, 0.2) is 23.7 Å². The SMILES string of the molecule is CCc1nc(Cn2cccc2C(C)O)cs1. The Balaban J connectivity index is 2.17. The third kappa shape index (κ3) is 2.33. The van der Waals surface area contributed by atoms with Crippen LogP contribution in [-0.2, 0) is 13.0 Å². The summed E-state index contributed by atoms with van der Waals surface area (Å²) < 4.78 is 2.04. The van der Waals surface area contributed by atoms with Gasteiger partial charge in [0.2, 0.25) is 0 Å². The van der Waals surface area contributed by atoms with Crippen LogP contribution in [0.2, 0.25) is 0 Å². The highest BCUT2D eigenvalue weighted by atomic mass is 32.1. The number of hydrogen-bond acceptors (Lipinski definition) is 3. The Morgan fingerprint density at radius 2 is 2.38 bits per heavy atom. The van der Waals surface area contributed by atoms with E-state index in [1.165, 1.54) is 5.01 Å². The maximum Gasteiger partial charge on any atom is 0.0926 e. The molecule has 0 aliphatic rings. The summed E-state index contributed by atoms with van der Waals surface area (Å²) in [4.78, 5) is 4.52. The zero-order chi connectivity index (χ0) is 11.5. The van der Waals surface area contributed by atoms with E-state index in [4.69, 9.17) is 0 Å². The molecule has 0 bridgehead atoms. The molecule has 1 atom stereocenters. The van der Waals surface area contributed by atoms with E-state index >= 15 is 0 Å². The van der Waals surface area contributed by atoms with E-state index in [0.717, 1.165) is 24.4 Å². The average molecular weight is 236 g/mol. The number of aromatic nitrogens is 2. The van der Waals surface area contributed by atoms with Crippen LogP contribution in [-0.4, -0.2) is 14.7 Å². The molecular weight excluding hydrogens is 220 g/mol. The number of rotatable bonds is 4. The molecular formula is C12H16N2OS. The van der Waals surface area contributed by atoms with Crippen LogP contribution in [0, 0.1) is 0 Å². The van der Waals surface area contributed by atoms with Crippen LogP contribution in [0.1, 0.15) is 36.3 Å². The molecule has 0 saturated carbocycles. The third-order valence-electron chi connectivity index (χ3n) is 2.53. The molecule has 3 nitrogen and oxygen atoms in total. The predicted octanol–water partition coefficient (Wildman–Crippen LogP) is 2.61. The lowest BCUT2D eigenvalue weighted by Gasteiger charge is -2.09. The number of aryl methyl sites for hydroxylation is 1. The van der Waals surface area contributed by atoms with Gasteiger partial charge >= 0.3 is 0 Å². The summed E-state index contributed by atoms with van der Waals surface area (Å²) in [5, 5.41) is 12.8. The van der Waals surface area contributed by atoms with Gasteiger partial charge in [-0.05, 0) is 25.5 Å². The molecule has 2 aromatic heterocycles. The quantitative estimate of drug-likeness (QED) is 0.886. The second-order valence-electron chi connectivity index (χ2n) is 3.82. The molecule has 0 spiro atoms. The maximum atomic E-state index is 9.58. The van der Waals surface area contributed by atoms with Gasteiger partial charge in [-0.2, -0.15) is 0 Å². The van der Waals surface area contributed by atoms with Gasteiger partial charge < -0.3 is 9.67 Å². The van der Waals surface area contributed by atoms with Crippen molar-refractivity contribution >= 4 is 11.3 Å². The minimum Gasteiger partial charge on any atom is -0.387 e. The molecule has 16 heavy (non-hydrogen) atoms. The Kier molecular flexibility index (Phi) is 3.41. The van der Waals surface area contributed by atoms with E-state index in [1.54, 1.807) is 18.3 Å². The molecule has 86 valence electrons. The van der Waals surface area contributed by atoms with E-state index in [-0.39, 0.29) is 0 Å². The zero-order valence-corrected chi connectivity index (χ0v) is 10.4. The number of hydrogen-bond donors (Lipinski definition) is 1. The minimum absolute atomic E-state index is 0.431. The highest BCUT2D eigenvalue weighted by Gasteiger charge is 2.08. The van der Waals surface area contributed by atoms with Crippen molar-refractivity contribution in [2.45, 2.75) is 32.9 Å². The Bertz CT molecular complexity index is 459. The lowest BCUT2D eigenvalue weighted by atomic mass is 10.3. The van der Waals surface area contributed by atoms with Gasteiger partial charge in [0.1, 0.15) is 0 Å². The van der Waals surface area contributed by atoms with Gasteiger partial charge in [0.15, 0.2) is 0 Å². The average Bonchev–Trinajstić information content (AvgIpc) is 2.87. The second kappa shape index (κ2) is 4.80. The summed E-state index contributed by atoms with van der Waals surface area (Å²) in [6.45, 7) is 4.63. The van der Waals surface area contributed by atoms with E-state index in [9.17, 15) is 5.11 Å². The highest BCUT2D eigenvalue weighted by Crippen LogP contribution is 2.16. The molecule has 0 saturated heterocycles. The largest absolute Gasteiger partial charge is 0.387 e. The Labute approximate surface area is 99.4 Å². The molecule has 0 aliphatic heterocycles. The molecule has 0 amide bonds. The standard InChI is InChI=1S/C12H16N2OS/c1-3-12-13-10(8-16-12)7-14-6-4-5-11(14)9(2)15/h4-6,8-9,15H,3,7H2,1-2H3. The summed E-state index contributed by atoms with van der Waals surface area (Å²) in [6.07, 6.45) is 2.53. The van der Waals surface area contributed by atoms with E-state index < -0.39 is 6.10 Å². The first-order valence-electron chi connectivity index (χ1n) is 5.47. The smallest absolute Gasteiger partial charge is 0.0926 e. The Morgan fingerprint density at radius 3 is 3.00 bits per heavy atom. The number of thiazole rings is 1. The van der Waals surface area contributed by atoms with E-state index in [0.29, 0.717) is 0 Å². The molecule has 4 heteroatoms. The van der Waals surface area contributed by atoms with Crippen LogP contribution in [0.3, 0.4) is 0 Å².